The topological polar surface area (TPSA) is 50.8 Å². The molecule has 1 aromatic rings. The van der Waals surface area contributed by atoms with E-state index in [4.69, 9.17) is 21.1 Å². The van der Waals surface area contributed by atoms with Gasteiger partial charge in [0.2, 0.25) is 0 Å². The highest BCUT2D eigenvalue weighted by Gasteiger charge is 2.27. The molecule has 1 amide bonds. The third-order valence-corrected chi connectivity index (χ3v) is 5.17. The first-order valence-corrected chi connectivity index (χ1v) is 10.4. The number of halogens is 1. The number of carbonyl (C=O) groups is 1. The molecule has 5 nitrogen and oxygen atoms in total. The van der Waals surface area contributed by atoms with E-state index in [1.807, 2.05) is 4.90 Å². The van der Waals surface area contributed by atoms with Crippen LogP contribution in [0.25, 0.3) is 0 Å². The standard InChI is InChI=1S/C21H33ClN2O3/c1-5-11-24(17-6-9-23-10-7-17)21(25)16-13-18(22)20(19(14-16)26-4)27-12-8-15(2)3/h13-15,17,23H,5-12H2,1-4H3. The first kappa shape index (κ1) is 21.8. The van der Waals surface area contributed by atoms with Gasteiger partial charge in [-0.15, -0.1) is 0 Å². The van der Waals surface area contributed by atoms with Crippen LogP contribution in [0, 0.1) is 5.92 Å². The molecule has 1 N–H and O–H groups in total. The van der Waals surface area contributed by atoms with Gasteiger partial charge in [-0.2, -0.15) is 0 Å². The minimum Gasteiger partial charge on any atom is -0.493 e. The van der Waals surface area contributed by atoms with E-state index in [0.717, 1.165) is 45.3 Å². The second-order valence-electron chi connectivity index (χ2n) is 7.50. The molecule has 0 aliphatic carbocycles. The normalized spacial score (nSPS) is 15.0. The SMILES string of the molecule is CCCN(C(=O)c1cc(Cl)c(OCCC(C)C)c(OC)c1)C1CCNCC1. The highest BCUT2D eigenvalue weighted by Crippen LogP contribution is 2.37. The lowest BCUT2D eigenvalue weighted by atomic mass is 10.0. The van der Waals surface area contributed by atoms with Crippen molar-refractivity contribution in [3.63, 3.8) is 0 Å². The van der Waals surface area contributed by atoms with Crippen molar-refractivity contribution in [1.29, 1.82) is 0 Å². The Kier molecular flexibility index (Phi) is 8.71. The summed E-state index contributed by atoms with van der Waals surface area (Å²) in [4.78, 5) is 15.2. The van der Waals surface area contributed by atoms with Crippen molar-refractivity contribution in [3.05, 3.63) is 22.7 Å². The first-order chi connectivity index (χ1) is 13.0. The summed E-state index contributed by atoms with van der Waals surface area (Å²) in [6, 6.07) is 3.73. The molecule has 1 saturated heterocycles. The molecule has 0 aromatic heterocycles. The van der Waals surface area contributed by atoms with Gasteiger partial charge in [0, 0.05) is 18.2 Å². The van der Waals surface area contributed by atoms with Gasteiger partial charge in [-0.05, 0) is 56.8 Å². The van der Waals surface area contributed by atoms with Gasteiger partial charge < -0.3 is 19.7 Å². The van der Waals surface area contributed by atoms with Crippen LogP contribution in [0.1, 0.15) is 56.8 Å². The maximum atomic E-state index is 13.2. The fraction of sp³-hybridized carbons (Fsp3) is 0.667. The monoisotopic (exact) mass is 396 g/mol. The van der Waals surface area contributed by atoms with Crippen LogP contribution in [0.15, 0.2) is 12.1 Å². The summed E-state index contributed by atoms with van der Waals surface area (Å²) in [7, 11) is 1.58. The Hall–Kier alpha value is -1.46. The van der Waals surface area contributed by atoms with Crippen molar-refractivity contribution in [2.75, 3.05) is 33.4 Å². The Labute approximate surface area is 168 Å². The van der Waals surface area contributed by atoms with Gasteiger partial charge in [-0.3, -0.25) is 4.79 Å². The smallest absolute Gasteiger partial charge is 0.254 e. The number of amides is 1. The molecule has 152 valence electrons. The van der Waals surface area contributed by atoms with Crippen molar-refractivity contribution in [1.82, 2.24) is 10.2 Å². The summed E-state index contributed by atoms with van der Waals surface area (Å²) in [6.45, 7) is 9.60. The number of hydrogen-bond donors (Lipinski definition) is 1. The number of hydrogen-bond acceptors (Lipinski definition) is 4. The lowest BCUT2D eigenvalue weighted by Gasteiger charge is -2.34. The molecule has 0 spiro atoms. The van der Waals surface area contributed by atoms with Crippen molar-refractivity contribution < 1.29 is 14.3 Å². The molecule has 0 unspecified atom stereocenters. The van der Waals surface area contributed by atoms with Gasteiger partial charge in [0.05, 0.1) is 18.7 Å². The van der Waals surface area contributed by atoms with Crippen molar-refractivity contribution >= 4 is 17.5 Å². The predicted molar refractivity (Wildman–Crippen MR) is 110 cm³/mol. The molecule has 6 heteroatoms. The summed E-state index contributed by atoms with van der Waals surface area (Å²) in [5, 5.41) is 3.78. The Morgan fingerprint density at radius 2 is 2.04 bits per heavy atom. The molecule has 0 bridgehead atoms. The van der Waals surface area contributed by atoms with E-state index in [1.165, 1.54) is 0 Å². The van der Waals surface area contributed by atoms with E-state index in [9.17, 15) is 4.79 Å². The van der Waals surface area contributed by atoms with Crippen LogP contribution >= 0.6 is 11.6 Å². The largest absolute Gasteiger partial charge is 0.493 e. The molecule has 0 saturated carbocycles. The number of piperidine rings is 1. The lowest BCUT2D eigenvalue weighted by molar-refractivity contribution is 0.0642. The summed E-state index contributed by atoms with van der Waals surface area (Å²) in [5.41, 5.74) is 0.556. The van der Waals surface area contributed by atoms with Crippen LogP contribution in [-0.2, 0) is 0 Å². The van der Waals surface area contributed by atoms with Crippen molar-refractivity contribution in [3.8, 4) is 11.5 Å². The summed E-state index contributed by atoms with van der Waals surface area (Å²) < 4.78 is 11.3. The molecule has 27 heavy (non-hydrogen) atoms. The average Bonchev–Trinajstić information content (AvgIpc) is 2.67. The number of carbonyl (C=O) groups excluding carboxylic acids is 1. The van der Waals surface area contributed by atoms with Gasteiger partial charge in [-0.1, -0.05) is 32.4 Å². The van der Waals surface area contributed by atoms with E-state index in [1.54, 1.807) is 19.2 Å². The number of benzene rings is 1. The molecule has 1 aliphatic rings. The highest BCUT2D eigenvalue weighted by atomic mass is 35.5. The van der Waals surface area contributed by atoms with E-state index < -0.39 is 0 Å². The molecule has 2 rings (SSSR count). The fourth-order valence-corrected chi connectivity index (χ4v) is 3.62. The Morgan fingerprint density at radius 1 is 1.33 bits per heavy atom. The van der Waals surface area contributed by atoms with Crippen LogP contribution in [-0.4, -0.2) is 50.2 Å². The number of ether oxygens (including phenoxy) is 2. The zero-order valence-electron chi connectivity index (χ0n) is 17.0. The van der Waals surface area contributed by atoms with Crippen LogP contribution in [0.3, 0.4) is 0 Å². The van der Waals surface area contributed by atoms with Crippen LogP contribution < -0.4 is 14.8 Å². The minimum absolute atomic E-state index is 0.0117. The third-order valence-electron chi connectivity index (χ3n) is 4.89. The summed E-state index contributed by atoms with van der Waals surface area (Å²) in [6.07, 6.45) is 3.82. The van der Waals surface area contributed by atoms with Gasteiger partial charge >= 0.3 is 0 Å². The minimum atomic E-state index is 0.0117. The van der Waals surface area contributed by atoms with Crippen LogP contribution in [0.4, 0.5) is 0 Å². The van der Waals surface area contributed by atoms with Gasteiger partial charge in [0.25, 0.3) is 5.91 Å². The van der Waals surface area contributed by atoms with E-state index >= 15 is 0 Å². The first-order valence-electron chi connectivity index (χ1n) is 9.99. The quantitative estimate of drug-likeness (QED) is 0.673. The molecule has 1 heterocycles. The molecular weight excluding hydrogens is 364 g/mol. The highest BCUT2D eigenvalue weighted by molar-refractivity contribution is 6.32. The fourth-order valence-electron chi connectivity index (χ4n) is 3.36. The second kappa shape index (κ2) is 10.8. The molecule has 0 radical (unpaired) electrons. The zero-order valence-corrected chi connectivity index (χ0v) is 17.8. The maximum Gasteiger partial charge on any atom is 0.254 e. The van der Waals surface area contributed by atoms with Crippen LogP contribution in [0.5, 0.6) is 11.5 Å². The van der Waals surface area contributed by atoms with Gasteiger partial charge in [0.1, 0.15) is 0 Å². The van der Waals surface area contributed by atoms with Crippen molar-refractivity contribution in [2.45, 2.75) is 52.5 Å². The third kappa shape index (κ3) is 6.01. The Balaban J connectivity index is 2.22. The Morgan fingerprint density at radius 3 is 2.63 bits per heavy atom. The summed E-state index contributed by atoms with van der Waals surface area (Å²) in [5.74, 6) is 1.58. The maximum absolute atomic E-state index is 13.2. The van der Waals surface area contributed by atoms with Gasteiger partial charge in [0.15, 0.2) is 11.5 Å². The number of rotatable bonds is 9. The molecule has 1 aliphatic heterocycles. The second-order valence-corrected chi connectivity index (χ2v) is 7.91. The van der Waals surface area contributed by atoms with Crippen molar-refractivity contribution in [2.24, 2.45) is 5.92 Å². The number of nitrogens with one attached hydrogen (secondary N) is 1. The number of methoxy groups -OCH3 is 1. The summed E-state index contributed by atoms with van der Waals surface area (Å²) >= 11 is 6.45. The lowest BCUT2D eigenvalue weighted by Crippen LogP contribution is -2.46. The van der Waals surface area contributed by atoms with E-state index in [-0.39, 0.29) is 11.9 Å². The molecule has 0 atom stereocenters. The Bertz CT molecular complexity index is 616. The predicted octanol–water partition coefficient (Wildman–Crippen LogP) is 4.38. The zero-order chi connectivity index (χ0) is 19.8. The average molecular weight is 397 g/mol. The van der Waals surface area contributed by atoms with E-state index in [0.29, 0.717) is 34.6 Å². The molecular formula is C21H33ClN2O3. The molecule has 1 fully saturated rings. The van der Waals surface area contributed by atoms with Crippen LogP contribution in [0.2, 0.25) is 5.02 Å². The molecule has 1 aromatic carbocycles. The van der Waals surface area contributed by atoms with Gasteiger partial charge in [-0.25, -0.2) is 0 Å². The number of nitrogens with zero attached hydrogens (tertiary/aromatic N) is 1. The van der Waals surface area contributed by atoms with E-state index in [2.05, 4.69) is 26.1 Å².